The molecular weight excluding hydrogens is 312 g/mol. The minimum atomic E-state index is 0.573. The molecule has 25 heavy (non-hydrogen) atoms. The Morgan fingerprint density at radius 3 is 2.36 bits per heavy atom. The molecule has 3 fully saturated rings. The fraction of sp³-hybridized carbons (Fsp3) is 0.579. The SMILES string of the molecule is c1cc(N(C2CC2)C2CCN(c3cc(C4CC4)ncn3)CC2)ncn1. The first-order chi connectivity index (χ1) is 12.4. The summed E-state index contributed by atoms with van der Waals surface area (Å²) in [7, 11) is 0. The van der Waals surface area contributed by atoms with Gasteiger partial charge in [-0.1, -0.05) is 0 Å². The molecule has 0 spiro atoms. The Labute approximate surface area is 148 Å². The second-order valence-electron chi connectivity index (χ2n) is 7.50. The quantitative estimate of drug-likeness (QED) is 0.837. The molecule has 1 saturated heterocycles. The third-order valence-corrected chi connectivity index (χ3v) is 5.62. The zero-order valence-corrected chi connectivity index (χ0v) is 14.5. The number of anilines is 2. The lowest BCUT2D eigenvalue weighted by Crippen LogP contribution is -2.46. The van der Waals surface area contributed by atoms with Crippen LogP contribution >= 0.6 is 0 Å². The molecule has 0 radical (unpaired) electrons. The van der Waals surface area contributed by atoms with E-state index >= 15 is 0 Å². The normalized spacial score (nSPS) is 21.4. The molecule has 0 amide bonds. The highest BCUT2D eigenvalue weighted by molar-refractivity contribution is 5.44. The topological polar surface area (TPSA) is 58.0 Å². The zero-order valence-electron chi connectivity index (χ0n) is 14.5. The lowest BCUT2D eigenvalue weighted by atomic mass is 10.0. The number of hydrogen-bond acceptors (Lipinski definition) is 6. The van der Waals surface area contributed by atoms with Crippen molar-refractivity contribution < 1.29 is 0 Å². The van der Waals surface area contributed by atoms with E-state index in [-0.39, 0.29) is 0 Å². The highest BCUT2D eigenvalue weighted by Gasteiger charge is 2.36. The van der Waals surface area contributed by atoms with Gasteiger partial charge in [-0.2, -0.15) is 0 Å². The fourth-order valence-corrected chi connectivity index (χ4v) is 3.97. The molecular formula is C19H24N6. The predicted octanol–water partition coefficient (Wildman–Crippen LogP) is 2.78. The monoisotopic (exact) mass is 336 g/mol. The largest absolute Gasteiger partial charge is 0.356 e. The summed E-state index contributed by atoms with van der Waals surface area (Å²) in [5.74, 6) is 2.88. The van der Waals surface area contributed by atoms with Crippen molar-refractivity contribution in [1.29, 1.82) is 0 Å². The fourth-order valence-electron chi connectivity index (χ4n) is 3.97. The van der Waals surface area contributed by atoms with Gasteiger partial charge in [0.25, 0.3) is 0 Å². The van der Waals surface area contributed by atoms with Gasteiger partial charge in [-0.05, 0) is 44.6 Å². The Hall–Kier alpha value is -2.24. The van der Waals surface area contributed by atoms with Gasteiger partial charge in [0.2, 0.25) is 0 Å². The predicted molar refractivity (Wildman–Crippen MR) is 96.8 cm³/mol. The van der Waals surface area contributed by atoms with Crippen LogP contribution in [0.3, 0.4) is 0 Å². The lowest BCUT2D eigenvalue weighted by Gasteiger charge is -2.39. The highest BCUT2D eigenvalue weighted by Crippen LogP contribution is 2.40. The molecule has 6 nitrogen and oxygen atoms in total. The van der Waals surface area contributed by atoms with Gasteiger partial charge in [-0.25, -0.2) is 19.9 Å². The van der Waals surface area contributed by atoms with Gasteiger partial charge >= 0.3 is 0 Å². The van der Waals surface area contributed by atoms with E-state index in [1.807, 2.05) is 6.20 Å². The van der Waals surface area contributed by atoms with Crippen LogP contribution in [-0.2, 0) is 0 Å². The van der Waals surface area contributed by atoms with Crippen molar-refractivity contribution >= 4 is 11.6 Å². The highest BCUT2D eigenvalue weighted by atomic mass is 15.3. The van der Waals surface area contributed by atoms with Crippen molar-refractivity contribution in [3.8, 4) is 0 Å². The van der Waals surface area contributed by atoms with E-state index in [2.05, 4.69) is 41.9 Å². The summed E-state index contributed by atoms with van der Waals surface area (Å²) in [5.41, 5.74) is 1.23. The molecule has 0 N–H and O–H groups in total. The summed E-state index contributed by atoms with van der Waals surface area (Å²) < 4.78 is 0. The summed E-state index contributed by atoms with van der Waals surface area (Å²) in [6.45, 7) is 2.11. The van der Waals surface area contributed by atoms with E-state index in [1.54, 1.807) is 12.7 Å². The van der Waals surface area contributed by atoms with Gasteiger partial charge in [-0.15, -0.1) is 0 Å². The molecule has 0 atom stereocenters. The summed E-state index contributed by atoms with van der Waals surface area (Å²) in [4.78, 5) is 22.5. The third kappa shape index (κ3) is 3.17. The van der Waals surface area contributed by atoms with E-state index < -0.39 is 0 Å². The maximum Gasteiger partial charge on any atom is 0.132 e. The van der Waals surface area contributed by atoms with Crippen LogP contribution < -0.4 is 9.80 Å². The molecule has 2 aliphatic carbocycles. The first-order valence-electron chi connectivity index (χ1n) is 9.50. The van der Waals surface area contributed by atoms with E-state index in [4.69, 9.17) is 0 Å². The molecule has 2 aromatic heterocycles. The lowest BCUT2D eigenvalue weighted by molar-refractivity contribution is 0.457. The van der Waals surface area contributed by atoms with Crippen LogP contribution in [0.5, 0.6) is 0 Å². The van der Waals surface area contributed by atoms with Crippen LogP contribution in [0.25, 0.3) is 0 Å². The van der Waals surface area contributed by atoms with Crippen LogP contribution in [0, 0.1) is 0 Å². The second kappa shape index (κ2) is 6.24. The third-order valence-electron chi connectivity index (χ3n) is 5.62. The van der Waals surface area contributed by atoms with Crippen molar-refractivity contribution in [2.45, 2.75) is 56.5 Å². The Balaban J connectivity index is 1.28. The summed E-state index contributed by atoms with van der Waals surface area (Å²) in [6, 6.07) is 5.51. The average Bonchev–Trinajstić information content (AvgIpc) is 3.57. The molecule has 3 heterocycles. The molecule has 2 saturated carbocycles. The number of nitrogens with zero attached hydrogens (tertiary/aromatic N) is 6. The Morgan fingerprint density at radius 2 is 1.68 bits per heavy atom. The molecule has 3 aliphatic rings. The molecule has 0 unspecified atom stereocenters. The molecule has 130 valence electrons. The van der Waals surface area contributed by atoms with Crippen LogP contribution in [0.2, 0.25) is 0 Å². The Kier molecular flexibility index (Phi) is 3.76. The van der Waals surface area contributed by atoms with Gasteiger partial charge in [0.05, 0.1) is 0 Å². The number of hydrogen-bond donors (Lipinski definition) is 0. The van der Waals surface area contributed by atoms with E-state index in [1.165, 1.54) is 31.4 Å². The van der Waals surface area contributed by atoms with Crippen molar-refractivity contribution in [3.63, 3.8) is 0 Å². The summed E-state index contributed by atoms with van der Waals surface area (Å²) >= 11 is 0. The second-order valence-corrected chi connectivity index (χ2v) is 7.50. The molecule has 2 aromatic rings. The van der Waals surface area contributed by atoms with Gasteiger partial charge < -0.3 is 9.80 Å². The van der Waals surface area contributed by atoms with E-state index in [0.717, 1.165) is 37.6 Å². The Morgan fingerprint density at radius 1 is 0.880 bits per heavy atom. The smallest absolute Gasteiger partial charge is 0.132 e. The summed E-state index contributed by atoms with van der Waals surface area (Å²) in [5, 5.41) is 0. The van der Waals surface area contributed by atoms with Gasteiger partial charge in [0.15, 0.2) is 0 Å². The Bertz CT molecular complexity index is 720. The number of rotatable bonds is 5. The molecule has 0 bridgehead atoms. The van der Waals surface area contributed by atoms with Gasteiger partial charge in [0, 0.05) is 49.0 Å². The van der Waals surface area contributed by atoms with Crippen LogP contribution in [0.15, 0.2) is 31.0 Å². The minimum Gasteiger partial charge on any atom is -0.356 e. The van der Waals surface area contributed by atoms with Crippen molar-refractivity contribution in [3.05, 3.63) is 36.7 Å². The average molecular weight is 336 g/mol. The molecule has 1 aliphatic heterocycles. The van der Waals surface area contributed by atoms with Crippen molar-refractivity contribution in [2.24, 2.45) is 0 Å². The molecule has 6 heteroatoms. The van der Waals surface area contributed by atoms with E-state index in [9.17, 15) is 0 Å². The first-order valence-corrected chi connectivity index (χ1v) is 9.50. The van der Waals surface area contributed by atoms with Crippen LogP contribution in [0.4, 0.5) is 11.6 Å². The first kappa shape index (κ1) is 15.0. The number of aromatic nitrogens is 4. The van der Waals surface area contributed by atoms with Crippen LogP contribution in [0.1, 0.15) is 50.1 Å². The minimum absolute atomic E-state index is 0.573. The maximum atomic E-state index is 4.53. The zero-order chi connectivity index (χ0) is 16.6. The van der Waals surface area contributed by atoms with Crippen molar-refractivity contribution in [2.75, 3.05) is 22.9 Å². The van der Waals surface area contributed by atoms with Crippen LogP contribution in [-0.4, -0.2) is 45.1 Å². The van der Waals surface area contributed by atoms with Gasteiger partial charge in [-0.3, -0.25) is 0 Å². The standard InChI is InChI=1S/C19H24N6/c1-2-14(1)17-11-19(23-13-21-17)24-9-6-16(7-10-24)25(15-3-4-15)18-5-8-20-12-22-18/h5,8,11-16H,1-4,6-7,9-10H2. The van der Waals surface area contributed by atoms with Crippen molar-refractivity contribution in [1.82, 2.24) is 19.9 Å². The van der Waals surface area contributed by atoms with Gasteiger partial charge in [0.1, 0.15) is 24.3 Å². The number of piperidine rings is 1. The maximum absolute atomic E-state index is 4.53. The molecule has 5 rings (SSSR count). The van der Waals surface area contributed by atoms with E-state index in [0.29, 0.717) is 18.0 Å². The summed E-state index contributed by atoms with van der Waals surface area (Å²) in [6.07, 6.45) is 12.7. The molecule has 0 aromatic carbocycles.